The van der Waals surface area contributed by atoms with Crippen molar-refractivity contribution in [3.63, 3.8) is 0 Å². The SMILES string of the molecule is O=C(NCCC1=CCCCC1)c1ccc(CSc2nc3ccncc3n2Cc2ccc(F)cc2)cc1. The number of rotatable bonds is 9. The van der Waals surface area contributed by atoms with Gasteiger partial charge in [-0.15, -0.1) is 0 Å². The molecule has 5 rings (SSSR count). The van der Waals surface area contributed by atoms with Gasteiger partial charge < -0.3 is 9.88 Å². The van der Waals surface area contributed by atoms with Crippen LogP contribution in [-0.2, 0) is 12.3 Å². The number of hydrogen-bond acceptors (Lipinski definition) is 4. The van der Waals surface area contributed by atoms with E-state index in [1.54, 1.807) is 30.1 Å². The van der Waals surface area contributed by atoms with Gasteiger partial charge in [-0.25, -0.2) is 9.37 Å². The predicted octanol–water partition coefficient (Wildman–Crippen LogP) is 6.53. The predicted molar refractivity (Wildman–Crippen MR) is 143 cm³/mol. The second-order valence-electron chi connectivity index (χ2n) is 9.07. The Labute approximate surface area is 214 Å². The van der Waals surface area contributed by atoms with Crippen LogP contribution in [0.4, 0.5) is 4.39 Å². The van der Waals surface area contributed by atoms with Crippen LogP contribution in [0.15, 0.2) is 83.8 Å². The average Bonchev–Trinajstić information content (AvgIpc) is 3.27. The first-order valence-corrected chi connectivity index (χ1v) is 13.4. The highest BCUT2D eigenvalue weighted by molar-refractivity contribution is 7.98. The summed E-state index contributed by atoms with van der Waals surface area (Å²) < 4.78 is 15.5. The summed E-state index contributed by atoms with van der Waals surface area (Å²) in [5.74, 6) is 0.444. The van der Waals surface area contributed by atoms with E-state index < -0.39 is 0 Å². The number of fused-ring (bicyclic) bond motifs is 1. The molecule has 4 aromatic rings. The molecule has 0 spiro atoms. The quantitative estimate of drug-likeness (QED) is 0.210. The van der Waals surface area contributed by atoms with Gasteiger partial charge in [-0.1, -0.05) is 47.7 Å². The normalized spacial score (nSPS) is 13.5. The third kappa shape index (κ3) is 6.02. The highest BCUT2D eigenvalue weighted by Gasteiger charge is 2.13. The fourth-order valence-corrected chi connectivity index (χ4v) is 5.42. The molecule has 184 valence electrons. The van der Waals surface area contributed by atoms with Crippen LogP contribution in [0.2, 0.25) is 0 Å². The van der Waals surface area contributed by atoms with E-state index in [1.807, 2.05) is 36.5 Å². The number of aromatic nitrogens is 3. The summed E-state index contributed by atoms with van der Waals surface area (Å²) in [4.78, 5) is 21.6. The number of benzene rings is 2. The van der Waals surface area contributed by atoms with E-state index in [2.05, 4.69) is 20.9 Å². The number of amides is 1. The lowest BCUT2D eigenvalue weighted by molar-refractivity contribution is 0.0954. The van der Waals surface area contributed by atoms with E-state index in [-0.39, 0.29) is 11.7 Å². The third-order valence-electron chi connectivity index (χ3n) is 6.47. The molecule has 1 aliphatic rings. The number of pyridine rings is 1. The highest BCUT2D eigenvalue weighted by Crippen LogP contribution is 2.27. The lowest BCUT2D eigenvalue weighted by Crippen LogP contribution is -2.24. The molecule has 0 saturated heterocycles. The zero-order valence-electron chi connectivity index (χ0n) is 20.1. The van der Waals surface area contributed by atoms with Crippen molar-refractivity contribution < 1.29 is 9.18 Å². The number of nitrogens with one attached hydrogen (secondary N) is 1. The smallest absolute Gasteiger partial charge is 0.251 e. The molecule has 0 radical (unpaired) electrons. The van der Waals surface area contributed by atoms with Gasteiger partial charge >= 0.3 is 0 Å². The second kappa shape index (κ2) is 11.5. The van der Waals surface area contributed by atoms with Gasteiger partial charge in [-0.3, -0.25) is 9.78 Å². The fraction of sp³-hybridized carbons (Fsp3) is 0.276. The van der Waals surface area contributed by atoms with Crippen molar-refractivity contribution in [2.45, 2.75) is 49.6 Å². The van der Waals surface area contributed by atoms with Gasteiger partial charge in [0.05, 0.1) is 23.8 Å². The molecule has 2 aromatic carbocycles. The molecule has 36 heavy (non-hydrogen) atoms. The Kier molecular flexibility index (Phi) is 7.76. The topological polar surface area (TPSA) is 59.8 Å². The van der Waals surface area contributed by atoms with Crippen molar-refractivity contribution in [1.29, 1.82) is 0 Å². The molecular weight excluding hydrogens is 471 g/mol. The molecule has 0 aliphatic heterocycles. The van der Waals surface area contributed by atoms with Gasteiger partial charge in [-0.2, -0.15) is 0 Å². The lowest BCUT2D eigenvalue weighted by Gasteiger charge is -2.13. The van der Waals surface area contributed by atoms with E-state index >= 15 is 0 Å². The van der Waals surface area contributed by atoms with E-state index in [1.165, 1.54) is 37.0 Å². The summed E-state index contributed by atoms with van der Waals surface area (Å²) in [6.45, 7) is 1.27. The zero-order valence-corrected chi connectivity index (χ0v) is 20.9. The van der Waals surface area contributed by atoms with Crippen LogP contribution < -0.4 is 5.32 Å². The van der Waals surface area contributed by atoms with Crippen LogP contribution in [-0.4, -0.2) is 27.0 Å². The molecule has 0 saturated carbocycles. The van der Waals surface area contributed by atoms with Crippen LogP contribution in [0.5, 0.6) is 0 Å². The molecule has 7 heteroatoms. The summed E-state index contributed by atoms with van der Waals surface area (Å²) in [6, 6.07) is 16.2. The van der Waals surface area contributed by atoms with E-state index in [0.717, 1.165) is 45.9 Å². The van der Waals surface area contributed by atoms with Crippen molar-refractivity contribution in [2.75, 3.05) is 6.54 Å². The number of hydrogen-bond donors (Lipinski definition) is 1. The number of nitrogens with zero attached hydrogens (tertiary/aromatic N) is 3. The Hall–Kier alpha value is -3.45. The van der Waals surface area contributed by atoms with Crippen molar-refractivity contribution in [3.05, 3.63) is 101 Å². The largest absolute Gasteiger partial charge is 0.352 e. The Bertz CT molecular complexity index is 1360. The minimum Gasteiger partial charge on any atom is -0.352 e. The first kappa shape index (κ1) is 24.3. The van der Waals surface area contributed by atoms with Crippen molar-refractivity contribution in [3.8, 4) is 0 Å². The van der Waals surface area contributed by atoms with Crippen molar-refractivity contribution in [2.24, 2.45) is 0 Å². The molecule has 5 nitrogen and oxygen atoms in total. The van der Waals surface area contributed by atoms with Crippen LogP contribution in [0, 0.1) is 5.82 Å². The van der Waals surface area contributed by atoms with E-state index in [4.69, 9.17) is 4.98 Å². The highest BCUT2D eigenvalue weighted by atomic mass is 32.2. The molecule has 1 aliphatic carbocycles. The zero-order chi connectivity index (χ0) is 24.7. The first-order chi connectivity index (χ1) is 17.7. The minimum absolute atomic E-state index is 0.0285. The number of allylic oxidation sites excluding steroid dienone is 1. The first-order valence-electron chi connectivity index (χ1n) is 12.4. The van der Waals surface area contributed by atoms with Gasteiger partial charge in [0.15, 0.2) is 5.16 Å². The maximum absolute atomic E-state index is 13.4. The van der Waals surface area contributed by atoms with Gasteiger partial charge in [0.1, 0.15) is 5.82 Å². The van der Waals surface area contributed by atoms with Crippen LogP contribution in [0.3, 0.4) is 0 Å². The minimum atomic E-state index is -0.246. The standard InChI is InChI=1S/C29H29FN4OS/c30-25-12-8-22(9-13-25)19-34-27-18-31-16-15-26(27)33-29(34)36-20-23-6-10-24(11-7-23)28(35)32-17-14-21-4-2-1-3-5-21/h4,6-13,15-16,18H,1-3,5,14,17,19-20H2,(H,32,35). The van der Waals surface area contributed by atoms with Gasteiger partial charge in [-0.05, 0) is 73.6 Å². The summed E-state index contributed by atoms with van der Waals surface area (Å²) in [7, 11) is 0. The molecule has 0 fully saturated rings. The molecule has 2 heterocycles. The van der Waals surface area contributed by atoms with E-state index in [9.17, 15) is 9.18 Å². The molecule has 2 aromatic heterocycles. The van der Waals surface area contributed by atoms with E-state index in [0.29, 0.717) is 18.7 Å². The summed E-state index contributed by atoms with van der Waals surface area (Å²) in [6.07, 6.45) is 11.7. The number of carbonyl (C=O) groups is 1. The Morgan fingerprint density at radius 3 is 2.61 bits per heavy atom. The van der Waals surface area contributed by atoms with Crippen molar-refractivity contribution >= 4 is 28.7 Å². The summed E-state index contributed by atoms with van der Waals surface area (Å²) in [5.41, 5.74) is 6.08. The van der Waals surface area contributed by atoms with Gasteiger partial charge in [0.25, 0.3) is 5.91 Å². The molecule has 0 bridgehead atoms. The van der Waals surface area contributed by atoms with Gasteiger partial charge in [0, 0.05) is 24.1 Å². The number of thioether (sulfide) groups is 1. The monoisotopic (exact) mass is 500 g/mol. The van der Waals surface area contributed by atoms with Crippen LogP contribution in [0.25, 0.3) is 11.0 Å². The third-order valence-corrected chi connectivity index (χ3v) is 7.52. The second-order valence-corrected chi connectivity index (χ2v) is 10.0. The Balaban J connectivity index is 1.22. The van der Waals surface area contributed by atoms with Crippen LogP contribution >= 0.6 is 11.8 Å². The maximum Gasteiger partial charge on any atom is 0.251 e. The fourth-order valence-electron chi connectivity index (χ4n) is 4.45. The average molecular weight is 501 g/mol. The van der Waals surface area contributed by atoms with Gasteiger partial charge in [0.2, 0.25) is 0 Å². The van der Waals surface area contributed by atoms with Crippen molar-refractivity contribution in [1.82, 2.24) is 19.9 Å². The molecule has 0 atom stereocenters. The summed E-state index contributed by atoms with van der Waals surface area (Å²) >= 11 is 1.64. The molecular formula is C29H29FN4OS. The number of carbonyl (C=O) groups excluding carboxylic acids is 1. The Morgan fingerprint density at radius 1 is 1.03 bits per heavy atom. The molecule has 1 N–H and O–H groups in total. The molecule has 1 amide bonds. The number of imidazole rings is 1. The Morgan fingerprint density at radius 2 is 1.83 bits per heavy atom. The van der Waals surface area contributed by atoms with Crippen LogP contribution in [0.1, 0.15) is 53.6 Å². The maximum atomic E-state index is 13.4. The lowest BCUT2D eigenvalue weighted by atomic mass is 9.97. The summed E-state index contributed by atoms with van der Waals surface area (Å²) in [5, 5.41) is 3.92. The molecule has 0 unspecified atom stereocenters. The number of halogens is 1.